The molecule has 1 amide bonds. The van der Waals surface area contributed by atoms with Gasteiger partial charge in [-0.05, 0) is 76.7 Å². The van der Waals surface area contributed by atoms with Gasteiger partial charge in [-0.25, -0.2) is 0 Å². The number of carbonyl (C=O) groups is 1. The van der Waals surface area contributed by atoms with E-state index in [4.69, 9.17) is 25.8 Å². The van der Waals surface area contributed by atoms with Crippen LogP contribution in [0.25, 0.3) is 0 Å². The smallest absolute Gasteiger partial charge is 0.254 e. The molecule has 0 spiro atoms. The lowest BCUT2D eigenvalue weighted by atomic mass is 9.81. The van der Waals surface area contributed by atoms with Crippen molar-refractivity contribution in [1.29, 1.82) is 0 Å². The first kappa shape index (κ1) is 27.9. The van der Waals surface area contributed by atoms with Crippen molar-refractivity contribution >= 4 is 29.3 Å². The van der Waals surface area contributed by atoms with Gasteiger partial charge in [-0.3, -0.25) is 14.5 Å². The topological polar surface area (TPSA) is 92.9 Å². The minimum absolute atomic E-state index is 0.0703. The lowest BCUT2D eigenvalue weighted by Gasteiger charge is -2.47. The van der Waals surface area contributed by atoms with E-state index in [1.54, 1.807) is 6.07 Å². The zero-order valence-corrected chi connectivity index (χ0v) is 25.0. The van der Waals surface area contributed by atoms with E-state index < -0.39 is 0 Å². The number of amides is 1. The Morgan fingerprint density at radius 1 is 1.12 bits per heavy atom. The summed E-state index contributed by atoms with van der Waals surface area (Å²) in [7, 11) is 0. The summed E-state index contributed by atoms with van der Waals surface area (Å²) in [5, 5.41) is 3.26. The van der Waals surface area contributed by atoms with E-state index in [-0.39, 0.29) is 24.1 Å². The number of likely N-dealkylation sites (tertiary alicyclic amines) is 1. The van der Waals surface area contributed by atoms with Gasteiger partial charge in [0.15, 0.2) is 11.5 Å². The Morgan fingerprint density at radius 2 is 1.88 bits per heavy atom. The summed E-state index contributed by atoms with van der Waals surface area (Å²) in [6, 6.07) is 4.17. The van der Waals surface area contributed by atoms with Crippen LogP contribution < -0.4 is 20.3 Å². The van der Waals surface area contributed by atoms with E-state index in [0.717, 1.165) is 49.4 Å². The Hall–Kier alpha value is -2.20. The molecular weight excluding hydrogens is 550 g/mol. The third-order valence-corrected chi connectivity index (χ3v) is 9.87. The number of benzene rings is 1. The molecule has 0 unspecified atom stereocenters. The molecule has 1 aromatic carbocycles. The van der Waals surface area contributed by atoms with Crippen LogP contribution in [0.2, 0.25) is 5.02 Å². The zero-order valence-electron chi connectivity index (χ0n) is 23.4. The number of nitrogens with zero attached hydrogens (tertiary/aromatic N) is 1. The Bertz CT molecular complexity index is 1330. The highest BCUT2D eigenvalue weighted by atomic mass is 35.5. The molecule has 0 radical (unpaired) electrons. The van der Waals surface area contributed by atoms with Gasteiger partial charge < -0.3 is 24.5 Å². The average molecular weight is 588 g/mol. The molecule has 6 rings (SSSR count). The maximum Gasteiger partial charge on any atom is 0.254 e. The molecular formula is C30H38ClN3O5S. The van der Waals surface area contributed by atoms with Crippen LogP contribution in [0.5, 0.6) is 11.5 Å². The van der Waals surface area contributed by atoms with Crippen LogP contribution in [0.1, 0.15) is 65.7 Å². The highest BCUT2D eigenvalue weighted by Crippen LogP contribution is 2.45. The predicted octanol–water partition coefficient (Wildman–Crippen LogP) is 4.86. The quantitative estimate of drug-likeness (QED) is 0.426. The van der Waals surface area contributed by atoms with Crippen molar-refractivity contribution in [3.63, 3.8) is 0 Å². The normalized spacial score (nSPS) is 24.9. The van der Waals surface area contributed by atoms with Gasteiger partial charge >= 0.3 is 0 Å². The van der Waals surface area contributed by atoms with E-state index in [0.29, 0.717) is 64.0 Å². The van der Waals surface area contributed by atoms with Gasteiger partial charge in [0.05, 0.1) is 17.2 Å². The molecule has 2 aromatic rings. The second-order valence-electron chi connectivity index (χ2n) is 11.6. The van der Waals surface area contributed by atoms with Crippen molar-refractivity contribution < 1.29 is 19.0 Å². The number of fused-ring (bicyclic) bond motifs is 1. The molecule has 40 heavy (non-hydrogen) atoms. The van der Waals surface area contributed by atoms with Gasteiger partial charge in [0.25, 0.3) is 11.5 Å². The van der Waals surface area contributed by atoms with Crippen molar-refractivity contribution in [3.8, 4) is 11.5 Å². The molecule has 4 aliphatic rings. The van der Waals surface area contributed by atoms with Crippen molar-refractivity contribution in [2.45, 2.75) is 88.2 Å². The minimum Gasteiger partial charge on any atom is -0.484 e. The second kappa shape index (κ2) is 11.6. The lowest BCUT2D eigenvalue weighted by molar-refractivity contribution is -0.0888. The summed E-state index contributed by atoms with van der Waals surface area (Å²) in [4.78, 5) is 32.0. The minimum atomic E-state index is -0.307. The van der Waals surface area contributed by atoms with Crippen LogP contribution in [-0.2, 0) is 11.3 Å². The third kappa shape index (κ3) is 5.75. The average Bonchev–Trinajstić information content (AvgIpc) is 3.75. The number of nitrogens with one attached hydrogen (secondary N) is 2. The summed E-state index contributed by atoms with van der Waals surface area (Å²) >= 11 is 8.05. The largest absolute Gasteiger partial charge is 0.484 e. The van der Waals surface area contributed by atoms with Crippen molar-refractivity contribution in [3.05, 3.63) is 49.9 Å². The molecule has 1 aromatic heterocycles. The monoisotopic (exact) mass is 587 g/mol. The lowest BCUT2D eigenvalue weighted by Crippen LogP contribution is -2.57. The molecule has 0 bridgehead atoms. The van der Waals surface area contributed by atoms with E-state index in [9.17, 15) is 9.59 Å². The van der Waals surface area contributed by atoms with Gasteiger partial charge in [-0.2, -0.15) is 0 Å². The molecule has 216 valence electrons. The SMILES string of the molecule is CSc1cc(C)[nH]c(=O)c1CNC(=O)c1cc(Cl)c2c(c1C)O[C@@H](C1CCC(N3CC(OC4CC4)C3)CC1)CO2. The molecule has 2 N–H and O–H groups in total. The number of hydrogen-bond donors (Lipinski definition) is 2. The molecule has 2 aliphatic heterocycles. The number of aromatic nitrogens is 1. The summed E-state index contributed by atoms with van der Waals surface area (Å²) in [5.74, 6) is 1.15. The van der Waals surface area contributed by atoms with Crippen molar-refractivity contribution in [2.75, 3.05) is 26.0 Å². The number of aromatic amines is 1. The van der Waals surface area contributed by atoms with Crippen LogP contribution in [0.3, 0.4) is 0 Å². The molecule has 2 aliphatic carbocycles. The number of ether oxygens (including phenoxy) is 3. The first-order chi connectivity index (χ1) is 19.3. The predicted molar refractivity (Wildman–Crippen MR) is 156 cm³/mol. The number of halogens is 1. The Kier molecular flexibility index (Phi) is 8.09. The number of carbonyl (C=O) groups excluding carboxylic acids is 1. The van der Waals surface area contributed by atoms with Gasteiger partial charge in [0.1, 0.15) is 12.7 Å². The van der Waals surface area contributed by atoms with Crippen LogP contribution in [0.15, 0.2) is 21.8 Å². The number of pyridine rings is 1. The van der Waals surface area contributed by atoms with Crippen LogP contribution >= 0.6 is 23.4 Å². The molecule has 8 nitrogen and oxygen atoms in total. The summed E-state index contributed by atoms with van der Waals surface area (Å²) < 4.78 is 18.7. The molecule has 10 heteroatoms. The highest BCUT2D eigenvalue weighted by Gasteiger charge is 2.40. The van der Waals surface area contributed by atoms with Crippen LogP contribution in [0, 0.1) is 19.8 Å². The van der Waals surface area contributed by atoms with E-state index >= 15 is 0 Å². The molecule has 2 saturated carbocycles. The summed E-state index contributed by atoms with van der Waals surface area (Å²) in [6.07, 6.45) is 9.78. The van der Waals surface area contributed by atoms with Gasteiger partial charge in [-0.1, -0.05) is 11.6 Å². The fourth-order valence-corrected chi connectivity index (χ4v) is 7.22. The fourth-order valence-electron chi connectivity index (χ4n) is 6.27. The number of hydrogen-bond acceptors (Lipinski definition) is 7. The summed E-state index contributed by atoms with van der Waals surface area (Å²) in [6.45, 7) is 6.43. The number of aryl methyl sites for hydroxylation is 1. The number of thioether (sulfide) groups is 1. The molecule has 3 fully saturated rings. The number of rotatable bonds is 8. The maximum absolute atomic E-state index is 13.3. The maximum atomic E-state index is 13.3. The van der Waals surface area contributed by atoms with Gasteiger partial charge in [0.2, 0.25) is 0 Å². The third-order valence-electron chi connectivity index (χ3n) is 8.79. The molecule has 3 heterocycles. The van der Waals surface area contributed by atoms with Gasteiger partial charge in [-0.15, -0.1) is 11.8 Å². The van der Waals surface area contributed by atoms with E-state index in [1.807, 2.05) is 26.2 Å². The van der Waals surface area contributed by atoms with Gasteiger partial charge in [0, 0.05) is 53.0 Å². The standard InChI is InChI=1S/C30H38ClN3O5S/c1-16-10-26(40-3)23(30(36)33-16)12-32-29(35)22-11-24(31)28-27(17(22)2)39-25(15-37-28)18-4-6-19(7-5-18)34-13-21(14-34)38-20-8-9-20/h10-11,18-21,25H,4-9,12-15H2,1-3H3,(H,32,35)(H,33,36)/t18?,19?,25-/m1/s1. The van der Waals surface area contributed by atoms with Crippen LogP contribution in [-0.4, -0.2) is 66.1 Å². The Balaban J connectivity index is 1.08. The van der Waals surface area contributed by atoms with E-state index in [1.165, 1.54) is 24.6 Å². The van der Waals surface area contributed by atoms with Crippen LogP contribution in [0.4, 0.5) is 0 Å². The Morgan fingerprint density at radius 3 is 2.58 bits per heavy atom. The fraction of sp³-hybridized carbons (Fsp3) is 0.600. The summed E-state index contributed by atoms with van der Waals surface area (Å²) in [5.41, 5.74) is 2.24. The van der Waals surface area contributed by atoms with Crippen molar-refractivity contribution in [2.24, 2.45) is 5.92 Å². The number of H-pyrrole nitrogens is 1. The highest BCUT2D eigenvalue weighted by molar-refractivity contribution is 7.98. The first-order valence-electron chi connectivity index (χ1n) is 14.4. The molecule has 1 atom stereocenters. The first-order valence-corrected chi connectivity index (χ1v) is 16.0. The second-order valence-corrected chi connectivity index (χ2v) is 12.9. The Labute approximate surface area is 244 Å². The zero-order chi connectivity index (χ0) is 28.0. The van der Waals surface area contributed by atoms with E-state index in [2.05, 4.69) is 15.2 Å². The molecule has 1 saturated heterocycles. The van der Waals surface area contributed by atoms with Crippen molar-refractivity contribution in [1.82, 2.24) is 15.2 Å².